The van der Waals surface area contributed by atoms with Crippen molar-refractivity contribution in [1.82, 2.24) is 9.78 Å². The summed E-state index contributed by atoms with van der Waals surface area (Å²) in [7, 11) is 1.93. The molecule has 1 aromatic rings. The van der Waals surface area contributed by atoms with Crippen molar-refractivity contribution in [2.75, 3.05) is 18.5 Å². The van der Waals surface area contributed by atoms with E-state index >= 15 is 0 Å². The molecule has 0 saturated heterocycles. The summed E-state index contributed by atoms with van der Waals surface area (Å²) in [5.74, 6) is 0. The number of anilines is 1. The minimum Gasteiger partial charge on any atom is -0.373 e. The standard InChI is InChI=1S/C14H22N4O/c1-5-17(4)12-9-13(19)18(16-10-12)8-6-7-14(2,3)11-15/h9-10H,5-8H2,1-4H3. The average molecular weight is 262 g/mol. The topological polar surface area (TPSA) is 61.9 Å². The van der Waals surface area contributed by atoms with Crippen LogP contribution in [0.25, 0.3) is 0 Å². The molecule has 0 aromatic carbocycles. The fourth-order valence-electron chi connectivity index (χ4n) is 1.71. The highest BCUT2D eigenvalue weighted by Crippen LogP contribution is 2.20. The van der Waals surface area contributed by atoms with E-state index in [0.717, 1.165) is 25.1 Å². The van der Waals surface area contributed by atoms with Crippen LogP contribution in [0.4, 0.5) is 5.69 Å². The molecule has 1 aromatic heterocycles. The Morgan fingerprint density at radius 2 is 2.21 bits per heavy atom. The number of hydrogen-bond acceptors (Lipinski definition) is 4. The summed E-state index contributed by atoms with van der Waals surface area (Å²) in [6.45, 7) is 7.22. The van der Waals surface area contributed by atoms with Gasteiger partial charge in [-0.25, -0.2) is 4.68 Å². The Morgan fingerprint density at radius 1 is 1.53 bits per heavy atom. The summed E-state index contributed by atoms with van der Waals surface area (Å²) in [5, 5.41) is 13.1. The van der Waals surface area contributed by atoms with Gasteiger partial charge in [-0.1, -0.05) is 0 Å². The van der Waals surface area contributed by atoms with Crippen molar-refractivity contribution in [1.29, 1.82) is 5.26 Å². The molecule has 0 aliphatic rings. The number of nitrogens with zero attached hydrogens (tertiary/aromatic N) is 4. The van der Waals surface area contributed by atoms with E-state index in [1.165, 1.54) is 4.68 Å². The normalized spacial score (nSPS) is 11.1. The van der Waals surface area contributed by atoms with Gasteiger partial charge in [0, 0.05) is 26.2 Å². The van der Waals surface area contributed by atoms with Crippen molar-refractivity contribution in [3.63, 3.8) is 0 Å². The average Bonchev–Trinajstić information content (AvgIpc) is 2.39. The van der Waals surface area contributed by atoms with Gasteiger partial charge in [0.15, 0.2) is 0 Å². The molecule has 19 heavy (non-hydrogen) atoms. The summed E-state index contributed by atoms with van der Waals surface area (Å²) < 4.78 is 1.46. The lowest BCUT2D eigenvalue weighted by Gasteiger charge is -2.17. The molecular weight excluding hydrogens is 240 g/mol. The van der Waals surface area contributed by atoms with E-state index in [-0.39, 0.29) is 11.0 Å². The lowest BCUT2D eigenvalue weighted by atomic mass is 9.90. The first kappa shape index (κ1) is 15.2. The summed E-state index contributed by atoms with van der Waals surface area (Å²) in [6, 6.07) is 3.86. The van der Waals surface area contributed by atoms with E-state index in [4.69, 9.17) is 5.26 Å². The van der Waals surface area contributed by atoms with Crippen LogP contribution in [0.1, 0.15) is 33.6 Å². The number of hydrogen-bond donors (Lipinski definition) is 0. The van der Waals surface area contributed by atoms with E-state index in [9.17, 15) is 4.79 Å². The van der Waals surface area contributed by atoms with Gasteiger partial charge in [-0.3, -0.25) is 4.79 Å². The Kier molecular flexibility index (Phi) is 5.11. The minimum absolute atomic E-state index is 0.0902. The van der Waals surface area contributed by atoms with Crippen molar-refractivity contribution in [3.05, 3.63) is 22.6 Å². The molecular formula is C14H22N4O. The molecule has 0 radical (unpaired) electrons. The summed E-state index contributed by atoms with van der Waals surface area (Å²) in [6.07, 6.45) is 3.24. The molecule has 0 amide bonds. The molecule has 0 spiro atoms. The minimum atomic E-state index is -0.341. The number of aromatic nitrogens is 2. The van der Waals surface area contributed by atoms with Crippen LogP contribution >= 0.6 is 0 Å². The van der Waals surface area contributed by atoms with Gasteiger partial charge in [0.1, 0.15) is 0 Å². The molecule has 0 N–H and O–H groups in total. The van der Waals surface area contributed by atoms with Crippen molar-refractivity contribution in [2.24, 2.45) is 5.41 Å². The third-order valence-electron chi connectivity index (χ3n) is 3.24. The summed E-state index contributed by atoms with van der Waals surface area (Å²) >= 11 is 0. The molecule has 0 unspecified atom stereocenters. The Balaban J connectivity index is 2.67. The predicted octanol–water partition coefficient (Wildman–Crippen LogP) is 2.03. The zero-order chi connectivity index (χ0) is 14.5. The largest absolute Gasteiger partial charge is 0.373 e. The van der Waals surface area contributed by atoms with Crippen LogP contribution in [0, 0.1) is 16.7 Å². The first-order chi connectivity index (χ1) is 8.89. The van der Waals surface area contributed by atoms with E-state index in [0.29, 0.717) is 6.54 Å². The van der Waals surface area contributed by atoms with Gasteiger partial charge in [-0.05, 0) is 33.6 Å². The van der Waals surface area contributed by atoms with Gasteiger partial charge in [-0.2, -0.15) is 10.4 Å². The molecule has 0 fully saturated rings. The highest BCUT2D eigenvalue weighted by Gasteiger charge is 2.16. The smallest absolute Gasteiger partial charge is 0.268 e. The second-order valence-electron chi connectivity index (χ2n) is 5.39. The lowest BCUT2D eigenvalue weighted by molar-refractivity contribution is 0.402. The first-order valence-corrected chi connectivity index (χ1v) is 6.59. The van der Waals surface area contributed by atoms with E-state index < -0.39 is 0 Å². The van der Waals surface area contributed by atoms with Gasteiger partial charge in [0.25, 0.3) is 5.56 Å². The van der Waals surface area contributed by atoms with Gasteiger partial charge in [-0.15, -0.1) is 0 Å². The van der Waals surface area contributed by atoms with Crippen LogP contribution in [-0.4, -0.2) is 23.4 Å². The van der Waals surface area contributed by atoms with Crippen LogP contribution in [0.2, 0.25) is 0 Å². The van der Waals surface area contributed by atoms with Crippen molar-refractivity contribution in [2.45, 2.75) is 40.2 Å². The van der Waals surface area contributed by atoms with Gasteiger partial charge >= 0.3 is 0 Å². The molecule has 104 valence electrons. The van der Waals surface area contributed by atoms with Gasteiger partial charge in [0.05, 0.1) is 23.4 Å². The maximum atomic E-state index is 11.9. The molecule has 1 heterocycles. The van der Waals surface area contributed by atoms with Crippen molar-refractivity contribution >= 4 is 5.69 Å². The Bertz CT molecular complexity index is 513. The molecule has 0 aliphatic heterocycles. The van der Waals surface area contributed by atoms with Crippen molar-refractivity contribution < 1.29 is 0 Å². The van der Waals surface area contributed by atoms with Crippen LogP contribution in [0.3, 0.4) is 0 Å². The van der Waals surface area contributed by atoms with E-state index in [1.807, 2.05) is 32.7 Å². The second-order valence-corrected chi connectivity index (χ2v) is 5.39. The fraction of sp³-hybridized carbons (Fsp3) is 0.643. The fourth-order valence-corrected chi connectivity index (χ4v) is 1.71. The van der Waals surface area contributed by atoms with Crippen LogP contribution in [-0.2, 0) is 6.54 Å². The maximum Gasteiger partial charge on any atom is 0.268 e. The van der Waals surface area contributed by atoms with Crippen LogP contribution in [0.15, 0.2) is 17.1 Å². The lowest BCUT2D eigenvalue weighted by Crippen LogP contribution is -2.26. The monoisotopic (exact) mass is 262 g/mol. The summed E-state index contributed by atoms with van der Waals surface area (Å²) in [5.41, 5.74) is 0.403. The third kappa shape index (κ3) is 4.40. The zero-order valence-corrected chi connectivity index (χ0v) is 12.2. The molecule has 0 bridgehead atoms. The molecule has 1 rings (SSSR count). The highest BCUT2D eigenvalue weighted by molar-refractivity contribution is 5.41. The quantitative estimate of drug-likeness (QED) is 0.787. The Hall–Kier alpha value is -1.83. The van der Waals surface area contributed by atoms with E-state index in [2.05, 4.69) is 11.2 Å². The molecule has 5 heteroatoms. The van der Waals surface area contributed by atoms with Crippen LogP contribution < -0.4 is 10.5 Å². The SMILES string of the molecule is CCN(C)c1cnn(CCCC(C)(C)C#N)c(=O)c1. The van der Waals surface area contributed by atoms with Crippen LogP contribution in [0.5, 0.6) is 0 Å². The number of nitriles is 1. The second kappa shape index (κ2) is 6.37. The first-order valence-electron chi connectivity index (χ1n) is 6.59. The summed E-state index contributed by atoms with van der Waals surface area (Å²) in [4.78, 5) is 13.9. The highest BCUT2D eigenvalue weighted by atomic mass is 16.1. The molecule has 0 atom stereocenters. The molecule has 5 nitrogen and oxygen atoms in total. The zero-order valence-electron chi connectivity index (χ0n) is 12.2. The molecule has 0 saturated carbocycles. The van der Waals surface area contributed by atoms with Gasteiger partial charge < -0.3 is 4.90 Å². The maximum absolute atomic E-state index is 11.9. The number of aryl methyl sites for hydroxylation is 1. The predicted molar refractivity (Wildman–Crippen MR) is 76.1 cm³/mol. The van der Waals surface area contributed by atoms with Crippen molar-refractivity contribution in [3.8, 4) is 6.07 Å². The molecule has 0 aliphatic carbocycles. The number of rotatable bonds is 6. The Labute approximate surface area is 114 Å². The van der Waals surface area contributed by atoms with E-state index in [1.54, 1.807) is 12.3 Å². The third-order valence-corrected chi connectivity index (χ3v) is 3.24. The van der Waals surface area contributed by atoms with Gasteiger partial charge in [0.2, 0.25) is 0 Å². The Morgan fingerprint density at radius 3 is 2.74 bits per heavy atom.